The molecule has 3 heterocycles. The Morgan fingerprint density at radius 3 is 2.58 bits per heavy atom. The summed E-state index contributed by atoms with van der Waals surface area (Å²) in [7, 11) is 0. The third-order valence-corrected chi connectivity index (χ3v) is 5.49. The van der Waals surface area contributed by atoms with Gasteiger partial charge in [0.05, 0.1) is 5.69 Å². The maximum absolute atomic E-state index is 13.9. The Kier molecular flexibility index (Phi) is 5.14. The van der Waals surface area contributed by atoms with Gasteiger partial charge in [-0.3, -0.25) is 4.79 Å². The predicted octanol–water partition coefficient (Wildman–Crippen LogP) is 5.47. The number of anilines is 1. The summed E-state index contributed by atoms with van der Waals surface area (Å²) in [4.78, 5) is 21.9. The van der Waals surface area contributed by atoms with E-state index in [1.165, 1.54) is 6.07 Å². The smallest absolute Gasteiger partial charge is 0.257 e. The maximum Gasteiger partial charge on any atom is 0.257 e. The van der Waals surface area contributed by atoms with E-state index in [-0.39, 0.29) is 11.7 Å². The first-order valence-electron chi connectivity index (χ1n) is 10.4. The number of amides is 1. The molecule has 162 valence electrons. The minimum absolute atomic E-state index is 0.233. The van der Waals surface area contributed by atoms with E-state index in [1.807, 2.05) is 43.3 Å². The topological polar surface area (TPSA) is 72.2 Å². The number of halogens is 1. The molecule has 5 aromatic rings. The summed E-state index contributed by atoms with van der Waals surface area (Å²) in [6.45, 7) is 3.61. The van der Waals surface area contributed by atoms with Crippen molar-refractivity contribution in [3.05, 3.63) is 102 Å². The number of benzene rings is 2. The molecule has 0 radical (unpaired) electrons. The second-order valence-electron chi connectivity index (χ2n) is 7.77. The number of carbonyl (C=O) groups excluding carboxylic acids is 1. The molecule has 0 bridgehead atoms. The van der Waals surface area contributed by atoms with E-state index >= 15 is 0 Å². The molecule has 0 unspecified atom stereocenters. The molecule has 0 aliphatic rings. The minimum atomic E-state index is -0.271. The molecule has 0 aliphatic heterocycles. The number of imidazole rings is 1. The molecule has 5 rings (SSSR count). The van der Waals surface area contributed by atoms with Crippen molar-refractivity contribution in [2.24, 2.45) is 0 Å². The molecule has 0 saturated carbocycles. The Balaban J connectivity index is 1.60. The van der Waals surface area contributed by atoms with Gasteiger partial charge in [0, 0.05) is 29.1 Å². The van der Waals surface area contributed by atoms with E-state index in [4.69, 9.17) is 4.98 Å². The van der Waals surface area contributed by atoms with Crippen molar-refractivity contribution < 1.29 is 9.18 Å². The lowest BCUT2D eigenvalue weighted by Gasteiger charge is -2.10. The molecule has 0 aliphatic carbocycles. The zero-order valence-electron chi connectivity index (χ0n) is 18.1. The second-order valence-corrected chi connectivity index (χ2v) is 7.77. The van der Waals surface area contributed by atoms with Crippen molar-refractivity contribution >= 4 is 17.4 Å². The number of hydrogen-bond acceptors (Lipinski definition) is 4. The van der Waals surface area contributed by atoms with Crippen molar-refractivity contribution in [2.75, 3.05) is 5.32 Å². The van der Waals surface area contributed by atoms with E-state index in [2.05, 4.69) is 15.4 Å². The van der Waals surface area contributed by atoms with E-state index in [0.717, 1.165) is 22.4 Å². The van der Waals surface area contributed by atoms with E-state index in [0.29, 0.717) is 28.3 Å². The number of aromatic nitrogens is 4. The molecule has 0 saturated heterocycles. The van der Waals surface area contributed by atoms with E-state index in [1.54, 1.807) is 48.1 Å². The Hall–Kier alpha value is -4.39. The zero-order valence-corrected chi connectivity index (χ0v) is 18.1. The van der Waals surface area contributed by atoms with Crippen molar-refractivity contribution in [3.63, 3.8) is 0 Å². The molecule has 33 heavy (non-hydrogen) atoms. The summed E-state index contributed by atoms with van der Waals surface area (Å²) in [5.41, 5.74) is 5.60. The van der Waals surface area contributed by atoms with Gasteiger partial charge in [-0.2, -0.15) is 5.10 Å². The van der Waals surface area contributed by atoms with Crippen molar-refractivity contribution in [3.8, 4) is 22.5 Å². The van der Waals surface area contributed by atoms with Crippen LogP contribution in [-0.4, -0.2) is 25.5 Å². The number of fused-ring (bicyclic) bond motifs is 1. The average Bonchev–Trinajstić information content (AvgIpc) is 3.21. The second kappa shape index (κ2) is 8.27. The molecular formula is C26H20FN5O. The van der Waals surface area contributed by atoms with Gasteiger partial charge in [-0.1, -0.05) is 18.2 Å². The molecule has 0 fully saturated rings. The fourth-order valence-corrected chi connectivity index (χ4v) is 3.80. The van der Waals surface area contributed by atoms with Gasteiger partial charge >= 0.3 is 0 Å². The predicted molar refractivity (Wildman–Crippen MR) is 125 cm³/mol. The van der Waals surface area contributed by atoms with E-state index < -0.39 is 0 Å². The standard InChI is InChI=1S/C26H20FN5O/c1-16-6-3-4-7-20(16)26(33)30-22-15-19(11-13-28-22)25-24(18-9-10-21(27)17(2)14-18)31-23-8-5-12-29-32(23)25/h3-15H,1-2H3,(H,28,30,33). The van der Waals surface area contributed by atoms with Gasteiger partial charge < -0.3 is 5.32 Å². The number of carbonyl (C=O) groups is 1. The van der Waals surface area contributed by atoms with Crippen LogP contribution in [0.25, 0.3) is 28.2 Å². The van der Waals surface area contributed by atoms with Crippen LogP contribution < -0.4 is 5.32 Å². The van der Waals surface area contributed by atoms with Crippen LogP contribution in [0, 0.1) is 19.7 Å². The molecular weight excluding hydrogens is 417 g/mol. The molecule has 3 aromatic heterocycles. The number of aryl methyl sites for hydroxylation is 2. The van der Waals surface area contributed by atoms with Crippen LogP contribution in [0.1, 0.15) is 21.5 Å². The highest BCUT2D eigenvalue weighted by molar-refractivity contribution is 6.05. The quantitative estimate of drug-likeness (QED) is 0.405. The maximum atomic E-state index is 13.9. The minimum Gasteiger partial charge on any atom is -0.307 e. The molecule has 0 spiro atoms. The fraction of sp³-hybridized carbons (Fsp3) is 0.0769. The van der Waals surface area contributed by atoms with Gasteiger partial charge in [0.25, 0.3) is 5.91 Å². The fourth-order valence-electron chi connectivity index (χ4n) is 3.80. The molecule has 1 amide bonds. The van der Waals surface area contributed by atoms with Gasteiger partial charge in [0.1, 0.15) is 17.3 Å². The van der Waals surface area contributed by atoms with Crippen LogP contribution in [0.2, 0.25) is 0 Å². The Morgan fingerprint density at radius 1 is 0.909 bits per heavy atom. The first-order valence-corrected chi connectivity index (χ1v) is 10.4. The van der Waals surface area contributed by atoms with Crippen molar-refractivity contribution in [1.29, 1.82) is 0 Å². The highest BCUT2D eigenvalue weighted by Crippen LogP contribution is 2.33. The van der Waals surface area contributed by atoms with Crippen LogP contribution in [0.4, 0.5) is 10.2 Å². The van der Waals surface area contributed by atoms with Crippen molar-refractivity contribution in [2.45, 2.75) is 13.8 Å². The van der Waals surface area contributed by atoms with Crippen LogP contribution >= 0.6 is 0 Å². The summed E-state index contributed by atoms with van der Waals surface area (Å²) in [6, 6.07) is 19.6. The van der Waals surface area contributed by atoms with Crippen LogP contribution in [0.3, 0.4) is 0 Å². The van der Waals surface area contributed by atoms with Gasteiger partial charge in [-0.25, -0.2) is 18.9 Å². The normalized spacial score (nSPS) is 11.0. The molecule has 1 N–H and O–H groups in total. The van der Waals surface area contributed by atoms with Gasteiger partial charge in [-0.05, 0) is 73.5 Å². The summed E-state index contributed by atoms with van der Waals surface area (Å²) < 4.78 is 15.6. The van der Waals surface area contributed by atoms with Crippen LogP contribution in [0.5, 0.6) is 0 Å². The Labute approximate surface area is 189 Å². The molecule has 6 nitrogen and oxygen atoms in total. The number of nitrogens with one attached hydrogen (secondary N) is 1. The highest BCUT2D eigenvalue weighted by atomic mass is 19.1. The monoisotopic (exact) mass is 437 g/mol. The lowest BCUT2D eigenvalue weighted by molar-refractivity contribution is 0.102. The third kappa shape index (κ3) is 3.85. The zero-order chi connectivity index (χ0) is 22.9. The Morgan fingerprint density at radius 2 is 1.76 bits per heavy atom. The Bertz CT molecular complexity index is 1510. The number of pyridine rings is 1. The van der Waals surface area contributed by atoms with Gasteiger partial charge in [0.15, 0.2) is 5.65 Å². The van der Waals surface area contributed by atoms with Gasteiger partial charge in [0.2, 0.25) is 0 Å². The SMILES string of the molecule is Cc1cc(-c2nc3cccnn3c2-c2ccnc(NC(=O)c3ccccc3C)c2)ccc1F. The van der Waals surface area contributed by atoms with Crippen LogP contribution in [0.15, 0.2) is 79.1 Å². The lowest BCUT2D eigenvalue weighted by Crippen LogP contribution is -2.14. The first-order chi connectivity index (χ1) is 16.0. The number of hydrogen-bond donors (Lipinski definition) is 1. The molecule has 7 heteroatoms. The van der Waals surface area contributed by atoms with E-state index in [9.17, 15) is 9.18 Å². The highest BCUT2D eigenvalue weighted by Gasteiger charge is 2.19. The molecule has 2 aromatic carbocycles. The number of nitrogens with zero attached hydrogens (tertiary/aromatic N) is 4. The largest absolute Gasteiger partial charge is 0.307 e. The summed E-state index contributed by atoms with van der Waals surface area (Å²) in [5, 5.41) is 7.34. The van der Waals surface area contributed by atoms with Crippen molar-refractivity contribution in [1.82, 2.24) is 19.6 Å². The average molecular weight is 437 g/mol. The first kappa shape index (κ1) is 20.5. The summed E-state index contributed by atoms with van der Waals surface area (Å²) in [5.74, 6) is -0.0939. The van der Waals surface area contributed by atoms with Gasteiger partial charge in [-0.15, -0.1) is 0 Å². The summed E-state index contributed by atoms with van der Waals surface area (Å²) >= 11 is 0. The number of rotatable bonds is 4. The lowest BCUT2D eigenvalue weighted by atomic mass is 10.0. The summed E-state index contributed by atoms with van der Waals surface area (Å²) in [6.07, 6.45) is 3.31. The van der Waals surface area contributed by atoms with Crippen LogP contribution in [-0.2, 0) is 0 Å². The third-order valence-electron chi connectivity index (χ3n) is 5.49. The molecule has 0 atom stereocenters.